The standard InChI is InChI=1S/C13H18ClFO/c1-3-4-6-10(2)16-9-11-12(14)7-5-8-13(11)15/h5,7-8,10H,3-4,6,9H2,1-2H3. The fourth-order valence-corrected chi connectivity index (χ4v) is 1.69. The van der Waals surface area contributed by atoms with Crippen molar-refractivity contribution < 1.29 is 9.13 Å². The summed E-state index contributed by atoms with van der Waals surface area (Å²) in [4.78, 5) is 0. The zero-order valence-corrected chi connectivity index (χ0v) is 10.6. The van der Waals surface area contributed by atoms with Crippen molar-refractivity contribution in [3.8, 4) is 0 Å². The third-order valence-electron chi connectivity index (χ3n) is 2.54. The van der Waals surface area contributed by atoms with E-state index in [9.17, 15) is 4.39 Å². The Kier molecular flexibility index (Phi) is 5.78. The summed E-state index contributed by atoms with van der Waals surface area (Å²) < 4.78 is 19.0. The van der Waals surface area contributed by atoms with Crippen LogP contribution in [-0.2, 0) is 11.3 Å². The van der Waals surface area contributed by atoms with Crippen molar-refractivity contribution in [3.05, 3.63) is 34.6 Å². The molecule has 0 fully saturated rings. The zero-order valence-electron chi connectivity index (χ0n) is 9.80. The molecule has 0 amide bonds. The largest absolute Gasteiger partial charge is 0.374 e. The lowest BCUT2D eigenvalue weighted by molar-refractivity contribution is 0.0447. The minimum Gasteiger partial charge on any atom is -0.374 e. The van der Waals surface area contributed by atoms with Crippen LogP contribution in [0.15, 0.2) is 18.2 Å². The third-order valence-corrected chi connectivity index (χ3v) is 2.89. The Morgan fingerprint density at radius 3 is 2.81 bits per heavy atom. The minimum absolute atomic E-state index is 0.149. The van der Waals surface area contributed by atoms with E-state index in [-0.39, 0.29) is 18.5 Å². The summed E-state index contributed by atoms with van der Waals surface area (Å²) in [5, 5.41) is 0.433. The monoisotopic (exact) mass is 244 g/mol. The van der Waals surface area contributed by atoms with E-state index in [2.05, 4.69) is 6.92 Å². The number of ether oxygens (including phenoxy) is 1. The predicted octanol–water partition coefficient (Wildman–Crippen LogP) is 4.57. The lowest BCUT2D eigenvalue weighted by Crippen LogP contribution is -2.09. The Labute approximate surface area is 102 Å². The average molecular weight is 245 g/mol. The molecular formula is C13H18ClFO. The molecule has 1 rings (SSSR count). The van der Waals surface area contributed by atoms with Gasteiger partial charge in [-0.3, -0.25) is 0 Å². The molecule has 1 nitrogen and oxygen atoms in total. The van der Waals surface area contributed by atoms with Gasteiger partial charge in [0.25, 0.3) is 0 Å². The van der Waals surface area contributed by atoms with Crippen molar-refractivity contribution in [2.45, 2.75) is 45.8 Å². The Morgan fingerprint density at radius 2 is 2.19 bits per heavy atom. The van der Waals surface area contributed by atoms with Crippen LogP contribution in [0.25, 0.3) is 0 Å². The smallest absolute Gasteiger partial charge is 0.130 e. The van der Waals surface area contributed by atoms with E-state index in [0.29, 0.717) is 10.6 Å². The number of unbranched alkanes of at least 4 members (excludes halogenated alkanes) is 1. The van der Waals surface area contributed by atoms with E-state index < -0.39 is 0 Å². The van der Waals surface area contributed by atoms with Crippen molar-refractivity contribution in [1.82, 2.24) is 0 Å². The van der Waals surface area contributed by atoms with Gasteiger partial charge in [0, 0.05) is 10.6 Å². The summed E-state index contributed by atoms with van der Waals surface area (Å²) in [7, 11) is 0. The summed E-state index contributed by atoms with van der Waals surface area (Å²) in [5.41, 5.74) is 0.451. The molecule has 0 aliphatic heterocycles. The molecule has 0 aromatic heterocycles. The molecule has 1 aromatic carbocycles. The molecule has 3 heteroatoms. The number of hydrogen-bond acceptors (Lipinski definition) is 1. The molecule has 0 bridgehead atoms. The quantitative estimate of drug-likeness (QED) is 0.712. The highest BCUT2D eigenvalue weighted by molar-refractivity contribution is 6.31. The highest BCUT2D eigenvalue weighted by Gasteiger charge is 2.09. The van der Waals surface area contributed by atoms with Gasteiger partial charge < -0.3 is 4.74 Å². The molecule has 1 aromatic rings. The van der Waals surface area contributed by atoms with Crippen molar-refractivity contribution >= 4 is 11.6 Å². The highest BCUT2D eigenvalue weighted by Crippen LogP contribution is 2.20. The van der Waals surface area contributed by atoms with E-state index in [1.165, 1.54) is 6.07 Å². The fraction of sp³-hybridized carbons (Fsp3) is 0.538. The van der Waals surface area contributed by atoms with Gasteiger partial charge >= 0.3 is 0 Å². The summed E-state index contributed by atoms with van der Waals surface area (Å²) in [6, 6.07) is 4.68. The molecule has 0 saturated carbocycles. The minimum atomic E-state index is -0.296. The van der Waals surface area contributed by atoms with E-state index in [0.717, 1.165) is 19.3 Å². The van der Waals surface area contributed by atoms with Crippen molar-refractivity contribution in [1.29, 1.82) is 0 Å². The van der Waals surface area contributed by atoms with Crippen LogP contribution in [0.5, 0.6) is 0 Å². The molecule has 0 radical (unpaired) electrons. The highest BCUT2D eigenvalue weighted by atomic mass is 35.5. The second-order valence-electron chi connectivity index (χ2n) is 3.96. The second kappa shape index (κ2) is 6.87. The van der Waals surface area contributed by atoms with E-state index >= 15 is 0 Å². The fourth-order valence-electron chi connectivity index (χ4n) is 1.47. The van der Waals surface area contributed by atoms with E-state index in [4.69, 9.17) is 16.3 Å². The molecule has 0 aliphatic carbocycles. The van der Waals surface area contributed by atoms with Gasteiger partial charge in [-0.2, -0.15) is 0 Å². The summed E-state index contributed by atoms with van der Waals surface area (Å²) in [5.74, 6) is -0.296. The Balaban J connectivity index is 2.48. The molecule has 0 N–H and O–H groups in total. The number of hydrogen-bond donors (Lipinski definition) is 0. The van der Waals surface area contributed by atoms with Crippen LogP contribution in [-0.4, -0.2) is 6.10 Å². The average Bonchev–Trinajstić information content (AvgIpc) is 2.25. The van der Waals surface area contributed by atoms with Crippen LogP contribution in [0.2, 0.25) is 5.02 Å². The Hall–Kier alpha value is -0.600. The van der Waals surface area contributed by atoms with Gasteiger partial charge in [0.1, 0.15) is 5.82 Å². The maximum Gasteiger partial charge on any atom is 0.130 e. The first-order valence-corrected chi connectivity index (χ1v) is 6.07. The van der Waals surface area contributed by atoms with Crippen LogP contribution in [0.4, 0.5) is 4.39 Å². The van der Waals surface area contributed by atoms with Gasteiger partial charge in [-0.15, -0.1) is 0 Å². The van der Waals surface area contributed by atoms with Gasteiger partial charge in [-0.25, -0.2) is 4.39 Å². The van der Waals surface area contributed by atoms with Gasteiger partial charge in [-0.05, 0) is 25.5 Å². The van der Waals surface area contributed by atoms with Crippen LogP contribution < -0.4 is 0 Å². The van der Waals surface area contributed by atoms with Crippen molar-refractivity contribution in [2.24, 2.45) is 0 Å². The first-order chi connectivity index (χ1) is 7.65. The third kappa shape index (κ3) is 4.11. The zero-order chi connectivity index (χ0) is 12.0. The van der Waals surface area contributed by atoms with Crippen molar-refractivity contribution in [3.63, 3.8) is 0 Å². The van der Waals surface area contributed by atoms with Crippen molar-refractivity contribution in [2.75, 3.05) is 0 Å². The van der Waals surface area contributed by atoms with Crippen LogP contribution in [0.1, 0.15) is 38.7 Å². The molecule has 90 valence electrons. The van der Waals surface area contributed by atoms with Crippen LogP contribution >= 0.6 is 11.6 Å². The molecule has 0 heterocycles. The second-order valence-corrected chi connectivity index (χ2v) is 4.37. The first-order valence-electron chi connectivity index (χ1n) is 5.69. The molecule has 1 atom stereocenters. The maximum absolute atomic E-state index is 13.4. The van der Waals surface area contributed by atoms with Gasteiger partial charge in [-0.1, -0.05) is 37.4 Å². The summed E-state index contributed by atoms with van der Waals surface area (Å²) >= 11 is 5.90. The summed E-state index contributed by atoms with van der Waals surface area (Å²) in [6.45, 7) is 4.39. The maximum atomic E-state index is 13.4. The van der Waals surface area contributed by atoms with Gasteiger partial charge in [0.2, 0.25) is 0 Å². The van der Waals surface area contributed by atoms with Gasteiger partial charge in [0.05, 0.1) is 12.7 Å². The molecular weight excluding hydrogens is 227 g/mol. The van der Waals surface area contributed by atoms with E-state index in [1.54, 1.807) is 12.1 Å². The summed E-state index contributed by atoms with van der Waals surface area (Å²) in [6.07, 6.45) is 3.43. The first kappa shape index (κ1) is 13.5. The molecule has 0 aliphatic rings. The Bertz CT molecular complexity index is 307. The van der Waals surface area contributed by atoms with Crippen LogP contribution in [0.3, 0.4) is 0 Å². The molecule has 0 spiro atoms. The van der Waals surface area contributed by atoms with E-state index in [1.807, 2.05) is 6.92 Å². The van der Waals surface area contributed by atoms with Crippen LogP contribution in [0, 0.1) is 5.82 Å². The predicted molar refractivity (Wildman–Crippen MR) is 65.2 cm³/mol. The number of halogens is 2. The Morgan fingerprint density at radius 1 is 1.44 bits per heavy atom. The molecule has 16 heavy (non-hydrogen) atoms. The normalized spacial score (nSPS) is 12.8. The van der Waals surface area contributed by atoms with Gasteiger partial charge in [0.15, 0.2) is 0 Å². The molecule has 0 saturated heterocycles. The SMILES string of the molecule is CCCCC(C)OCc1c(F)cccc1Cl. The number of benzene rings is 1. The molecule has 1 unspecified atom stereocenters. The number of rotatable bonds is 6. The lowest BCUT2D eigenvalue weighted by Gasteiger charge is -2.13. The lowest BCUT2D eigenvalue weighted by atomic mass is 10.2. The topological polar surface area (TPSA) is 9.23 Å².